The first-order valence-electron chi connectivity index (χ1n) is 9.17. The smallest absolute Gasteiger partial charge is 0.239 e. The zero-order valence-electron chi connectivity index (χ0n) is 17.0. The Bertz CT molecular complexity index is 905. The molecular weight excluding hydrogens is 358 g/mol. The second-order valence-corrected chi connectivity index (χ2v) is 9.41. The molecule has 0 spiro atoms. The fourth-order valence-corrected chi connectivity index (χ4v) is 3.49. The first-order valence-corrected chi connectivity index (χ1v) is 10.0. The lowest BCUT2D eigenvalue weighted by Gasteiger charge is -2.19. The van der Waals surface area contributed by atoms with Gasteiger partial charge in [0.15, 0.2) is 16.8 Å². The normalized spacial score (nSPS) is 13.3. The van der Waals surface area contributed by atoms with Crippen molar-refractivity contribution in [3.8, 4) is 11.4 Å². The van der Waals surface area contributed by atoms with Crippen LogP contribution in [0.15, 0.2) is 33.9 Å². The summed E-state index contributed by atoms with van der Waals surface area (Å²) in [5, 5.41) is 13.6. The van der Waals surface area contributed by atoms with E-state index in [9.17, 15) is 0 Å². The molecule has 0 saturated carbocycles. The minimum absolute atomic E-state index is 0.00372. The molecule has 0 aliphatic heterocycles. The Morgan fingerprint density at radius 2 is 1.70 bits per heavy atom. The molecule has 0 fully saturated rings. The van der Waals surface area contributed by atoms with Crippen molar-refractivity contribution >= 4 is 11.8 Å². The van der Waals surface area contributed by atoms with Crippen molar-refractivity contribution in [3.05, 3.63) is 41.5 Å². The Labute approximate surface area is 164 Å². The third kappa shape index (κ3) is 4.24. The lowest BCUT2D eigenvalue weighted by molar-refractivity contribution is 0.373. The summed E-state index contributed by atoms with van der Waals surface area (Å²) in [6.45, 7) is 12.8. The van der Waals surface area contributed by atoms with E-state index in [-0.39, 0.29) is 16.6 Å². The Morgan fingerprint density at radius 1 is 1.04 bits per heavy atom. The third-order valence-corrected chi connectivity index (χ3v) is 5.57. The molecule has 27 heavy (non-hydrogen) atoms. The van der Waals surface area contributed by atoms with Crippen LogP contribution < -0.4 is 0 Å². The van der Waals surface area contributed by atoms with E-state index in [1.54, 1.807) is 11.8 Å². The second kappa shape index (κ2) is 7.46. The minimum Gasteiger partial charge on any atom is -0.338 e. The van der Waals surface area contributed by atoms with Crippen molar-refractivity contribution in [2.75, 3.05) is 0 Å². The number of benzene rings is 1. The van der Waals surface area contributed by atoms with E-state index in [0.29, 0.717) is 5.89 Å². The number of hydrogen-bond donors (Lipinski definition) is 0. The number of hydrogen-bond acceptors (Lipinski definition) is 6. The van der Waals surface area contributed by atoms with Gasteiger partial charge in [-0.1, -0.05) is 75.8 Å². The largest absolute Gasteiger partial charge is 0.338 e. The Morgan fingerprint density at radius 3 is 2.26 bits per heavy atom. The van der Waals surface area contributed by atoms with Gasteiger partial charge in [0.1, 0.15) is 0 Å². The maximum Gasteiger partial charge on any atom is 0.239 e. The van der Waals surface area contributed by atoms with E-state index < -0.39 is 0 Å². The molecule has 0 radical (unpaired) electrons. The van der Waals surface area contributed by atoms with Gasteiger partial charge in [0, 0.05) is 18.5 Å². The highest BCUT2D eigenvalue weighted by atomic mass is 32.2. The SMILES string of the molecule is CC(C)c1noc(C(C)Sc2nnc(-c3ccc(C(C)(C)C)cc3)n2C)n1. The highest BCUT2D eigenvalue weighted by Gasteiger charge is 2.21. The van der Waals surface area contributed by atoms with Crippen LogP contribution >= 0.6 is 11.8 Å². The summed E-state index contributed by atoms with van der Waals surface area (Å²) in [6, 6.07) is 8.53. The molecule has 0 aliphatic rings. The van der Waals surface area contributed by atoms with Crippen molar-refractivity contribution in [1.82, 2.24) is 24.9 Å². The number of nitrogens with zero attached hydrogens (tertiary/aromatic N) is 5. The summed E-state index contributed by atoms with van der Waals surface area (Å²) in [5.41, 5.74) is 2.49. The summed E-state index contributed by atoms with van der Waals surface area (Å²) in [5.74, 6) is 2.44. The van der Waals surface area contributed by atoms with Crippen LogP contribution in [0.3, 0.4) is 0 Å². The fraction of sp³-hybridized carbons (Fsp3) is 0.500. The molecular formula is C20H27N5OS. The maximum absolute atomic E-state index is 5.40. The molecule has 144 valence electrons. The molecule has 2 heterocycles. The van der Waals surface area contributed by atoms with Crippen LogP contribution in [0.2, 0.25) is 0 Å². The summed E-state index contributed by atoms with van der Waals surface area (Å²) >= 11 is 1.56. The first-order chi connectivity index (χ1) is 12.7. The van der Waals surface area contributed by atoms with E-state index in [1.807, 2.05) is 32.4 Å². The lowest BCUT2D eigenvalue weighted by Crippen LogP contribution is -2.10. The van der Waals surface area contributed by atoms with E-state index in [1.165, 1.54) is 5.56 Å². The molecule has 0 aliphatic carbocycles. The van der Waals surface area contributed by atoms with Gasteiger partial charge in [-0.25, -0.2) is 0 Å². The van der Waals surface area contributed by atoms with Crippen LogP contribution in [-0.2, 0) is 12.5 Å². The van der Waals surface area contributed by atoms with E-state index in [2.05, 4.69) is 65.4 Å². The van der Waals surface area contributed by atoms with Crippen LogP contribution in [0.1, 0.15) is 70.0 Å². The van der Waals surface area contributed by atoms with Crippen LogP contribution in [0, 0.1) is 0 Å². The molecule has 1 atom stereocenters. The van der Waals surface area contributed by atoms with Gasteiger partial charge in [0.2, 0.25) is 5.89 Å². The van der Waals surface area contributed by atoms with E-state index >= 15 is 0 Å². The Hall–Kier alpha value is -2.15. The zero-order valence-corrected chi connectivity index (χ0v) is 17.8. The second-order valence-electron chi connectivity index (χ2n) is 8.10. The lowest BCUT2D eigenvalue weighted by atomic mass is 9.87. The predicted octanol–water partition coefficient (Wildman–Crippen LogP) is 5.14. The van der Waals surface area contributed by atoms with Gasteiger partial charge in [0.25, 0.3) is 0 Å². The molecule has 0 amide bonds. The minimum atomic E-state index is 0.00372. The zero-order chi connectivity index (χ0) is 19.8. The summed E-state index contributed by atoms with van der Waals surface area (Å²) < 4.78 is 7.40. The standard InChI is InChI=1S/C20H27N5OS/c1-12(2)16-21-18(26-24-16)13(3)27-19-23-22-17(25(19)7)14-8-10-15(11-9-14)20(4,5)6/h8-13H,1-7H3. The van der Waals surface area contributed by atoms with Crippen molar-refractivity contribution in [3.63, 3.8) is 0 Å². The maximum atomic E-state index is 5.40. The highest BCUT2D eigenvalue weighted by Crippen LogP contribution is 2.34. The topological polar surface area (TPSA) is 69.6 Å². The Balaban J connectivity index is 1.78. The van der Waals surface area contributed by atoms with Crippen LogP contribution in [-0.4, -0.2) is 24.9 Å². The van der Waals surface area contributed by atoms with Crippen molar-refractivity contribution in [2.45, 2.75) is 63.3 Å². The summed E-state index contributed by atoms with van der Waals surface area (Å²) in [6.07, 6.45) is 0. The molecule has 3 aromatic rings. The average Bonchev–Trinajstić information content (AvgIpc) is 3.22. The van der Waals surface area contributed by atoms with Crippen LogP contribution in [0.5, 0.6) is 0 Å². The van der Waals surface area contributed by atoms with Gasteiger partial charge in [-0.2, -0.15) is 4.98 Å². The van der Waals surface area contributed by atoms with Gasteiger partial charge in [-0.15, -0.1) is 10.2 Å². The van der Waals surface area contributed by atoms with Crippen molar-refractivity contribution < 1.29 is 4.52 Å². The third-order valence-electron chi connectivity index (χ3n) is 4.45. The molecule has 3 rings (SSSR count). The van der Waals surface area contributed by atoms with Crippen molar-refractivity contribution in [1.29, 1.82) is 0 Å². The molecule has 0 bridgehead atoms. The molecule has 1 unspecified atom stereocenters. The predicted molar refractivity (Wildman–Crippen MR) is 108 cm³/mol. The summed E-state index contributed by atoms with van der Waals surface area (Å²) in [4.78, 5) is 4.48. The number of aromatic nitrogens is 5. The first kappa shape index (κ1) is 19.6. The van der Waals surface area contributed by atoms with Gasteiger partial charge >= 0.3 is 0 Å². The molecule has 7 heteroatoms. The van der Waals surface area contributed by atoms with Crippen LogP contribution in [0.25, 0.3) is 11.4 Å². The van der Waals surface area contributed by atoms with Gasteiger partial charge in [-0.05, 0) is 17.9 Å². The summed E-state index contributed by atoms with van der Waals surface area (Å²) in [7, 11) is 1.98. The number of thioether (sulfide) groups is 1. The van der Waals surface area contributed by atoms with E-state index in [0.717, 1.165) is 22.4 Å². The number of rotatable bonds is 5. The monoisotopic (exact) mass is 385 g/mol. The molecule has 0 saturated heterocycles. The fourth-order valence-electron chi connectivity index (χ4n) is 2.64. The van der Waals surface area contributed by atoms with Crippen LogP contribution in [0.4, 0.5) is 0 Å². The molecule has 6 nitrogen and oxygen atoms in total. The highest BCUT2D eigenvalue weighted by molar-refractivity contribution is 7.99. The average molecular weight is 386 g/mol. The van der Waals surface area contributed by atoms with Gasteiger partial charge in [0.05, 0.1) is 5.25 Å². The molecule has 2 aromatic heterocycles. The van der Waals surface area contributed by atoms with Crippen molar-refractivity contribution in [2.24, 2.45) is 7.05 Å². The molecule has 1 aromatic carbocycles. The quantitative estimate of drug-likeness (QED) is 0.566. The molecule has 0 N–H and O–H groups in total. The van der Waals surface area contributed by atoms with Gasteiger partial charge in [-0.3, -0.25) is 0 Å². The van der Waals surface area contributed by atoms with Gasteiger partial charge < -0.3 is 9.09 Å². The Kier molecular flexibility index (Phi) is 5.42. The van der Waals surface area contributed by atoms with E-state index in [4.69, 9.17) is 4.52 Å².